The Morgan fingerprint density at radius 1 is 0.441 bits per heavy atom. The van der Waals surface area contributed by atoms with Crippen LogP contribution in [-0.4, -0.2) is 19.5 Å². The highest BCUT2D eigenvalue weighted by Crippen LogP contribution is 2.48. The smallest absolute Gasteiger partial charge is 0.166 e. The van der Waals surface area contributed by atoms with Gasteiger partial charge in [-0.05, 0) is 52.6 Å². The number of aromatic nitrogens is 4. The third-order valence-corrected chi connectivity index (χ3v) is 13.0. The van der Waals surface area contributed by atoms with Crippen LogP contribution in [0.4, 0.5) is 0 Å². The molecule has 0 amide bonds. The standard InChI is InChI=1S/C53H30N4OS/c1-2-15-31(16-3-1)51-54-52(40-25-14-24-38-35-20-10-13-28-45(35)59-50(38)40)56-53(55-51)47-36-21-6-7-22-37(36)49-46(39-23-9-12-27-44(39)58-49)48(47)57-42-26-11-8-19-34(42)41-29-32-17-4-5-18-33(32)30-43(41)57/h1-30H. The Morgan fingerprint density at radius 2 is 1.08 bits per heavy atom. The van der Waals surface area contributed by atoms with Gasteiger partial charge in [0.15, 0.2) is 17.5 Å². The van der Waals surface area contributed by atoms with E-state index in [1.165, 1.54) is 37.0 Å². The van der Waals surface area contributed by atoms with Gasteiger partial charge in [-0.25, -0.2) is 15.0 Å². The monoisotopic (exact) mass is 770 g/mol. The summed E-state index contributed by atoms with van der Waals surface area (Å²) in [5.74, 6) is 1.84. The quantitative estimate of drug-likeness (QED) is 0.179. The van der Waals surface area contributed by atoms with Gasteiger partial charge in [0.25, 0.3) is 0 Å². The Kier molecular flexibility index (Phi) is 6.82. The van der Waals surface area contributed by atoms with E-state index in [0.717, 1.165) is 70.8 Å². The van der Waals surface area contributed by atoms with Gasteiger partial charge in [-0.15, -0.1) is 11.3 Å². The Morgan fingerprint density at radius 3 is 1.95 bits per heavy atom. The van der Waals surface area contributed by atoms with Gasteiger partial charge < -0.3 is 8.98 Å². The Balaban J connectivity index is 1.24. The summed E-state index contributed by atoms with van der Waals surface area (Å²) < 4.78 is 11.7. The molecule has 0 aliphatic carbocycles. The Labute approximate surface area is 341 Å². The van der Waals surface area contributed by atoms with Crippen molar-refractivity contribution in [3.63, 3.8) is 0 Å². The van der Waals surface area contributed by atoms with Gasteiger partial charge >= 0.3 is 0 Å². The molecule has 0 aliphatic heterocycles. The number of hydrogen-bond acceptors (Lipinski definition) is 5. The lowest BCUT2D eigenvalue weighted by molar-refractivity contribution is 0.672. The molecule has 13 aromatic rings. The Hall–Kier alpha value is -7.67. The van der Waals surface area contributed by atoms with Crippen molar-refractivity contribution in [3.8, 4) is 39.9 Å². The van der Waals surface area contributed by atoms with Crippen molar-refractivity contribution in [1.29, 1.82) is 0 Å². The third-order valence-electron chi connectivity index (χ3n) is 11.8. The minimum atomic E-state index is 0.595. The lowest BCUT2D eigenvalue weighted by atomic mass is 9.96. The first-order valence-electron chi connectivity index (χ1n) is 19.8. The molecule has 0 spiro atoms. The molecule has 0 bridgehead atoms. The molecule has 0 unspecified atom stereocenters. The van der Waals surface area contributed by atoms with Crippen LogP contribution >= 0.6 is 11.3 Å². The summed E-state index contributed by atoms with van der Waals surface area (Å²) in [6, 6.07) is 64.2. The van der Waals surface area contributed by atoms with Crippen molar-refractivity contribution in [3.05, 3.63) is 182 Å². The van der Waals surface area contributed by atoms with Gasteiger partial charge in [0.2, 0.25) is 0 Å². The van der Waals surface area contributed by atoms with E-state index < -0.39 is 0 Å². The van der Waals surface area contributed by atoms with Crippen molar-refractivity contribution in [2.75, 3.05) is 0 Å². The molecule has 0 atom stereocenters. The number of para-hydroxylation sites is 2. The van der Waals surface area contributed by atoms with Crippen molar-refractivity contribution in [1.82, 2.24) is 19.5 Å². The maximum Gasteiger partial charge on any atom is 0.166 e. The molecular formula is C53H30N4OS. The van der Waals surface area contributed by atoms with E-state index in [4.69, 9.17) is 19.4 Å². The molecule has 0 fully saturated rings. The van der Waals surface area contributed by atoms with Crippen molar-refractivity contribution in [2.45, 2.75) is 0 Å². The summed E-state index contributed by atoms with van der Waals surface area (Å²) in [5.41, 5.74) is 7.64. The second-order valence-electron chi connectivity index (χ2n) is 15.1. The van der Waals surface area contributed by atoms with Gasteiger partial charge in [0, 0.05) is 52.8 Å². The van der Waals surface area contributed by atoms with Crippen LogP contribution < -0.4 is 0 Å². The number of hydrogen-bond donors (Lipinski definition) is 0. The second-order valence-corrected chi connectivity index (χ2v) is 16.1. The van der Waals surface area contributed by atoms with E-state index in [9.17, 15) is 0 Å². The van der Waals surface area contributed by atoms with Gasteiger partial charge in [0.05, 0.1) is 27.7 Å². The fourth-order valence-electron chi connectivity index (χ4n) is 9.22. The van der Waals surface area contributed by atoms with E-state index in [0.29, 0.717) is 17.5 Å². The Bertz CT molecular complexity index is 3860. The van der Waals surface area contributed by atoms with Gasteiger partial charge in [-0.1, -0.05) is 146 Å². The molecule has 5 nitrogen and oxygen atoms in total. The van der Waals surface area contributed by atoms with Crippen LogP contribution in [0, 0.1) is 0 Å². The summed E-state index contributed by atoms with van der Waals surface area (Å²) in [6.45, 7) is 0. The summed E-state index contributed by atoms with van der Waals surface area (Å²) >= 11 is 1.78. The van der Waals surface area contributed by atoms with Crippen LogP contribution in [0.15, 0.2) is 186 Å². The highest BCUT2D eigenvalue weighted by molar-refractivity contribution is 7.26. The van der Waals surface area contributed by atoms with Crippen LogP contribution in [0.25, 0.3) is 125 Å². The van der Waals surface area contributed by atoms with E-state index >= 15 is 0 Å². The molecule has 4 heterocycles. The molecule has 0 saturated heterocycles. The molecule has 274 valence electrons. The van der Waals surface area contributed by atoms with Gasteiger partial charge in [-0.2, -0.15) is 0 Å². The molecular weight excluding hydrogens is 741 g/mol. The molecule has 0 saturated carbocycles. The number of rotatable bonds is 4. The first-order chi connectivity index (χ1) is 29.3. The van der Waals surface area contributed by atoms with E-state index in [1.54, 1.807) is 11.3 Å². The molecule has 6 heteroatoms. The summed E-state index contributed by atoms with van der Waals surface area (Å²) in [4.78, 5) is 16.3. The maximum absolute atomic E-state index is 6.89. The fraction of sp³-hybridized carbons (Fsp3) is 0. The summed E-state index contributed by atoms with van der Waals surface area (Å²) in [5, 5.41) is 11.2. The summed E-state index contributed by atoms with van der Waals surface area (Å²) in [6.07, 6.45) is 0. The summed E-state index contributed by atoms with van der Waals surface area (Å²) in [7, 11) is 0. The highest BCUT2D eigenvalue weighted by atomic mass is 32.1. The number of furan rings is 1. The molecule has 59 heavy (non-hydrogen) atoms. The fourth-order valence-corrected chi connectivity index (χ4v) is 10.4. The normalized spacial score (nSPS) is 12.1. The largest absolute Gasteiger partial charge is 0.455 e. The molecule has 9 aromatic carbocycles. The first kappa shape index (κ1) is 32.4. The van der Waals surface area contributed by atoms with Crippen molar-refractivity contribution in [2.24, 2.45) is 0 Å². The molecule has 0 radical (unpaired) electrons. The van der Waals surface area contributed by atoms with E-state index in [-0.39, 0.29) is 0 Å². The molecule has 13 rings (SSSR count). The van der Waals surface area contributed by atoms with E-state index in [1.807, 2.05) is 24.3 Å². The van der Waals surface area contributed by atoms with Crippen LogP contribution in [0.5, 0.6) is 0 Å². The average molecular weight is 771 g/mol. The third kappa shape index (κ3) is 4.75. The maximum atomic E-state index is 6.89. The number of fused-ring (bicyclic) bond motifs is 12. The van der Waals surface area contributed by atoms with Crippen LogP contribution in [0.3, 0.4) is 0 Å². The van der Waals surface area contributed by atoms with E-state index in [2.05, 4.69) is 162 Å². The zero-order valence-corrected chi connectivity index (χ0v) is 32.2. The second kappa shape index (κ2) is 12.4. The molecule has 0 N–H and O–H groups in total. The lowest BCUT2D eigenvalue weighted by Gasteiger charge is -2.19. The first-order valence-corrected chi connectivity index (χ1v) is 20.6. The average Bonchev–Trinajstić information content (AvgIpc) is 3.98. The minimum absolute atomic E-state index is 0.595. The number of benzene rings is 9. The minimum Gasteiger partial charge on any atom is -0.455 e. The zero-order chi connectivity index (χ0) is 38.6. The molecule has 0 aliphatic rings. The van der Waals surface area contributed by atoms with Gasteiger partial charge in [-0.3, -0.25) is 0 Å². The van der Waals surface area contributed by atoms with Crippen LogP contribution in [-0.2, 0) is 0 Å². The SMILES string of the molecule is c1ccc(-c2nc(-c3c(-n4c5ccccc5c5cc6ccccc6cc54)c4c5ccccc5oc4c4ccccc34)nc(-c3cccc4c3sc3ccccc34)n2)cc1. The zero-order valence-electron chi connectivity index (χ0n) is 31.4. The predicted molar refractivity (Wildman–Crippen MR) is 246 cm³/mol. The molecule has 4 aromatic heterocycles. The van der Waals surface area contributed by atoms with Crippen LogP contribution in [0.1, 0.15) is 0 Å². The van der Waals surface area contributed by atoms with Crippen molar-refractivity contribution >= 4 is 96.8 Å². The number of nitrogens with zero attached hydrogens (tertiary/aromatic N) is 4. The lowest BCUT2D eigenvalue weighted by Crippen LogP contribution is -2.05. The van der Waals surface area contributed by atoms with Gasteiger partial charge in [0.1, 0.15) is 11.2 Å². The number of thiophene rings is 1. The highest BCUT2D eigenvalue weighted by Gasteiger charge is 2.28. The van der Waals surface area contributed by atoms with Crippen LogP contribution in [0.2, 0.25) is 0 Å². The topological polar surface area (TPSA) is 56.7 Å². The van der Waals surface area contributed by atoms with Crippen molar-refractivity contribution < 1.29 is 4.42 Å². The predicted octanol–water partition coefficient (Wildman–Crippen LogP) is 14.5.